The van der Waals surface area contributed by atoms with Crippen molar-refractivity contribution in [3.63, 3.8) is 0 Å². The van der Waals surface area contributed by atoms with Crippen molar-refractivity contribution in [1.29, 1.82) is 5.26 Å². The minimum Gasteiger partial charge on any atom is -0.370 e. The van der Waals surface area contributed by atoms with Crippen LogP contribution in [0.4, 0.5) is 0 Å². The first-order chi connectivity index (χ1) is 6.75. The number of aliphatic hydroxyl groups excluding tert-OH is 1. The lowest BCUT2D eigenvalue weighted by Gasteiger charge is -2.38. The topological polar surface area (TPSA) is 70.3 Å². The zero-order chi connectivity index (χ0) is 10.4. The number of nitriles is 1. The molecular formula is C9H15N2O3+. The van der Waals surface area contributed by atoms with Crippen LogP contribution in [0.5, 0.6) is 0 Å². The Morgan fingerprint density at radius 1 is 1.57 bits per heavy atom. The lowest BCUT2D eigenvalue weighted by atomic mass is 10.2. The monoisotopic (exact) mass is 199 g/mol. The van der Waals surface area contributed by atoms with E-state index in [1.807, 2.05) is 6.07 Å². The van der Waals surface area contributed by atoms with Gasteiger partial charge in [0.2, 0.25) is 0 Å². The molecule has 5 heteroatoms. The average molecular weight is 199 g/mol. The Labute approximate surface area is 83.1 Å². The van der Waals surface area contributed by atoms with Crippen LogP contribution < -0.4 is 0 Å². The van der Waals surface area contributed by atoms with E-state index < -0.39 is 6.23 Å². The predicted octanol–water partition coefficient (Wildman–Crippen LogP) is -0.388. The van der Waals surface area contributed by atoms with Gasteiger partial charge in [0.15, 0.2) is 6.23 Å². The van der Waals surface area contributed by atoms with E-state index in [1.165, 1.54) is 0 Å². The Kier molecular flexibility index (Phi) is 4.01. The van der Waals surface area contributed by atoms with Gasteiger partial charge in [-0.25, -0.2) is 9.28 Å². The molecule has 0 bridgehead atoms. The molecule has 1 rings (SSSR count). The molecule has 1 saturated heterocycles. The zero-order valence-electron chi connectivity index (χ0n) is 8.06. The van der Waals surface area contributed by atoms with Crippen LogP contribution in [-0.4, -0.2) is 48.5 Å². The summed E-state index contributed by atoms with van der Waals surface area (Å²) in [6, 6.07) is 1.96. The molecule has 1 heterocycles. The molecule has 14 heavy (non-hydrogen) atoms. The SMILES string of the molecule is N#CCCC(O)[N+]1(C=O)CCOCC1. The van der Waals surface area contributed by atoms with Crippen LogP contribution in [0.25, 0.3) is 0 Å². The van der Waals surface area contributed by atoms with E-state index in [-0.39, 0.29) is 10.9 Å². The third-order valence-corrected chi connectivity index (χ3v) is 2.62. The first-order valence-electron chi connectivity index (χ1n) is 4.71. The van der Waals surface area contributed by atoms with E-state index in [0.29, 0.717) is 32.7 Å². The lowest BCUT2D eigenvalue weighted by molar-refractivity contribution is -0.902. The van der Waals surface area contributed by atoms with Gasteiger partial charge in [-0.3, -0.25) is 0 Å². The van der Waals surface area contributed by atoms with E-state index >= 15 is 0 Å². The Hall–Kier alpha value is -0.960. The number of amides is 1. The fourth-order valence-corrected chi connectivity index (χ4v) is 1.61. The second-order valence-electron chi connectivity index (χ2n) is 3.45. The summed E-state index contributed by atoms with van der Waals surface area (Å²) in [4.78, 5) is 11.0. The van der Waals surface area contributed by atoms with Crippen molar-refractivity contribution in [2.75, 3.05) is 26.3 Å². The van der Waals surface area contributed by atoms with Gasteiger partial charge in [-0.05, 0) is 0 Å². The van der Waals surface area contributed by atoms with E-state index in [1.54, 1.807) is 0 Å². The lowest BCUT2D eigenvalue weighted by Crippen LogP contribution is -2.60. The number of carbonyl (C=O) groups excluding carboxylic acids is 1. The highest BCUT2D eigenvalue weighted by Gasteiger charge is 2.37. The van der Waals surface area contributed by atoms with Gasteiger partial charge in [-0.1, -0.05) is 0 Å². The minimum atomic E-state index is -0.768. The number of hydrogen-bond acceptors (Lipinski definition) is 4. The van der Waals surface area contributed by atoms with E-state index in [4.69, 9.17) is 10.00 Å². The third kappa shape index (κ3) is 2.29. The number of carbonyl (C=O) groups is 1. The molecule has 78 valence electrons. The number of hydrogen-bond donors (Lipinski definition) is 1. The van der Waals surface area contributed by atoms with Crippen LogP contribution in [0.1, 0.15) is 12.8 Å². The van der Waals surface area contributed by atoms with Crippen LogP contribution in [0.2, 0.25) is 0 Å². The van der Waals surface area contributed by atoms with Crippen molar-refractivity contribution < 1.29 is 19.1 Å². The van der Waals surface area contributed by atoms with Gasteiger partial charge in [0.1, 0.15) is 13.1 Å². The average Bonchev–Trinajstić information content (AvgIpc) is 2.26. The maximum atomic E-state index is 11.0. The van der Waals surface area contributed by atoms with Crippen molar-refractivity contribution in [3.8, 4) is 6.07 Å². The molecule has 1 N–H and O–H groups in total. The minimum absolute atomic E-state index is 0.0156. The van der Waals surface area contributed by atoms with Crippen LogP contribution >= 0.6 is 0 Å². The standard InChI is InChI=1S/C9H15N2O3/c10-3-1-2-9(13)11(8-12)4-6-14-7-5-11/h8-9,13H,1-2,4-7H2/q+1. The first-order valence-corrected chi connectivity index (χ1v) is 4.71. The third-order valence-electron chi connectivity index (χ3n) is 2.62. The second-order valence-corrected chi connectivity index (χ2v) is 3.45. The van der Waals surface area contributed by atoms with Crippen molar-refractivity contribution >= 4 is 6.41 Å². The fraction of sp³-hybridized carbons (Fsp3) is 0.778. The summed E-state index contributed by atoms with van der Waals surface area (Å²) in [7, 11) is 0. The van der Waals surface area contributed by atoms with E-state index in [0.717, 1.165) is 6.41 Å². The molecule has 0 saturated carbocycles. The molecule has 1 unspecified atom stereocenters. The van der Waals surface area contributed by atoms with Gasteiger partial charge in [0, 0.05) is 12.8 Å². The largest absolute Gasteiger partial charge is 0.370 e. The van der Waals surface area contributed by atoms with Crippen molar-refractivity contribution in [2.45, 2.75) is 19.1 Å². The Morgan fingerprint density at radius 3 is 2.71 bits per heavy atom. The Bertz CT molecular complexity index is 231. The summed E-state index contributed by atoms with van der Waals surface area (Å²) in [6.45, 7) is 1.97. The number of aliphatic hydroxyl groups is 1. The van der Waals surface area contributed by atoms with Gasteiger partial charge in [0.25, 0.3) is 0 Å². The molecule has 0 aromatic carbocycles. The number of nitrogens with zero attached hydrogens (tertiary/aromatic N) is 2. The quantitative estimate of drug-likeness (QED) is 0.494. The van der Waals surface area contributed by atoms with E-state index in [2.05, 4.69) is 0 Å². The van der Waals surface area contributed by atoms with Crippen molar-refractivity contribution in [2.24, 2.45) is 0 Å². The summed E-state index contributed by atoms with van der Waals surface area (Å²) in [5.74, 6) is 0. The maximum absolute atomic E-state index is 11.0. The number of ether oxygens (including phenoxy) is 1. The van der Waals surface area contributed by atoms with Crippen molar-refractivity contribution in [3.05, 3.63) is 0 Å². The number of rotatable bonds is 4. The van der Waals surface area contributed by atoms with Gasteiger partial charge < -0.3 is 9.84 Å². The molecule has 0 radical (unpaired) electrons. The normalized spacial score (nSPS) is 22.3. The number of quaternary nitrogens is 1. The highest BCUT2D eigenvalue weighted by Crippen LogP contribution is 2.16. The predicted molar refractivity (Wildman–Crippen MR) is 47.7 cm³/mol. The molecule has 0 aromatic rings. The van der Waals surface area contributed by atoms with Crippen LogP contribution in [0, 0.1) is 11.3 Å². The smallest absolute Gasteiger partial charge is 0.303 e. The molecule has 1 aliphatic heterocycles. The first kappa shape index (κ1) is 11.1. The van der Waals surface area contributed by atoms with E-state index in [9.17, 15) is 9.90 Å². The van der Waals surface area contributed by atoms with Crippen molar-refractivity contribution in [1.82, 2.24) is 0 Å². The summed E-state index contributed by atoms with van der Waals surface area (Å²) in [6.07, 6.45) is 0.617. The molecule has 1 aliphatic rings. The summed E-state index contributed by atoms with van der Waals surface area (Å²) >= 11 is 0. The van der Waals surface area contributed by atoms with Gasteiger partial charge in [-0.2, -0.15) is 5.26 Å². The Balaban J connectivity index is 2.58. The van der Waals surface area contributed by atoms with Crippen LogP contribution in [-0.2, 0) is 9.53 Å². The fourth-order valence-electron chi connectivity index (χ4n) is 1.61. The van der Waals surface area contributed by atoms with Gasteiger partial charge >= 0.3 is 6.41 Å². The maximum Gasteiger partial charge on any atom is 0.303 e. The Morgan fingerprint density at radius 2 is 2.21 bits per heavy atom. The second kappa shape index (κ2) is 5.05. The zero-order valence-corrected chi connectivity index (χ0v) is 8.06. The molecule has 5 nitrogen and oxygen atoms in total. The van der Waals surface area contributed by atoms with Gasteiger partial charge in [0.05, 0.1) is 19.3 Å². The molecule has 0 aromatic heterocycles. The summed E-state index contributed by atoms with van der Waals surface area (Å²) < 4.78 is 5.15. The molecule has 0 spiro atoms. The van der Waals surface area contributed by atoms with Crippen LogP contribution in [0.3, 0.4) is 0 Å². The molecular weight excluding hydrogens is 184 g/mol. The van der Waals surface area contributed by atoms with Gasteiger partial charge in [-0.15, -0.1) is 0 Å². The highest BCUT2D eigenvalue weighted by atomic mass is 16.5. The molecule has 1 amide bonds. The summed E-state index contributed by atoms with van der Waals surface area (Å²) in [5.41, 5.74) is 0. The highest BCUT2D eigenvalue weighted by molar-refractivity contribution is 5.37. The molecule has 1 atom stereocenters. The van der Waals surface area contributed by atoms with Crippen LogP contribution in [0.15, 0.2) is 0 Å². The summed E-state index contributed by atoms with van der Waals surface area (Å²) in [5, 5.41) is 18.2. The number of morpholine rings is 1. The molecule has 0 aliphatic carbocycles. The molecule has 1 fully saturated rings.